The van der Waals surface area contributed by atoms with Gasteiger partial charge in [0.2, 0.25) is 0 Å². The molecule has 3 rings (SSSR count). The average molecular weight is 340 g/mol. The Morgan fingerprint density at radius 1 is 1.45 bits per heavy atom. The fraction of sp³-hybridized carbons (Fsp3) is 0.571. The molecule has 0 aliphatic carbocycles. The SMILES string of the molecule is O=C(O)c1cc(Br)cnc1NC1CCN2CCCC2C1. The predicted molar refractivity (Wildman–Crippen MR) is 80.1 cm³/mol. The standard InChI is InChI=1S/C14H18BrN3O2/c15-9-6-12(14(19)20)13(16-8-9)17-10-3-5-18-4-1-2-11(18)7-10/h6,8,10-11H,1-5,7H2,(H,16,17)(H,19,20). The minimum atomic E-state index is -0.945. The van der Waals surface area contributed by atoms with Gasteiger partial charge in [-0.25, -0.2) is 9.78 Å². The van der Waals surface area contributed by atoms with E-state index in [1.165, 1.54) is 19.4 Å². The van der Waals surface area contributed by atoms with Crippen LogP contribution in [0.2, 0.25) is 0 Å². The number of pyridine rings is 1. The molecule has 2 unspecified atom stereocenters. The number of piperidine rings is 1. The van der Waals surface area contributed by atoms with Crippen LogP contribution in [0.4, 0.5) is 5.82 Å². The molecule has 0 spiro atoms. The molecule has 3 heterocycles. The zero-order valence-corrected chi connectivity index (χ0v) is 12.8. The van der Waals surface area contributed by atoms with Crippen LogP contribution in [0.15, 0.2) is 16.7 Å². The number of halogens is 1. The van der Waals surface area contributed by atoms with Gasteiger partial charge in [-0.15, -0.1) is 0 Å². The van der Waals surface area contributed by atoms with Crippen molar-refractivity contribution in [2.45, 2.75) is 37.8 Å². The first-order chi connectivity index (χ1) is 9.63. The largest absolute Gasteiger partial charge is 0.478 e. The number of carboxylic acids is 1. The summed E-state index contributed by atoms with van der Waals surface area (Å²) in [6.07, 6.45) is 6.32. The molecular weight excluding hydrogens is 322 g/mol. The van der Waals surface area contributed by atoms with E-state index in [-0.39, 0.29) is 5.56 Å². The third kappa shape index (κ3) is 2.81. The Morgan fingerprint density at radius 2 is 2.30 bits per heavy atom. The lowest BCUT2D eigenvalue weighted by molar-refractivity contribution is 0.0697. The molecule has 0 aromatic carbocycles. The van der Waals surface area contributed by atoms with Gasteiger partial charge in [-0.05, 0) is 54.2 Å². The number of hydrogen-bond acceptors (Lipinski definition) is 4. The van der Waals surface area contributed by atoms with Crippen LogP contribution in [-0.2, 0) is 0 Å². The van der Waals surface area contributed by atoms with Gasteiger partial charge in [-0.3, -0.25) is 0 Å². The first-order valence-electron chi connectivity index (χ1n) is 7.03. The molecule has 1 aromatic heterocycles. The second-order valence-corrected chi connectivity index (χ2v) is 6.47. The maximum Gasteiger partial charge on any atom is 0.339 e. The number of nitrogens with zero attached hydrogens (tertiary/aromatic N) is 2. The number of aromatic nitrogens is 1. The van der Waals surface area contributed by atoms with Crippen LogP contribution in [0.3, 0.4) is 0 Å². The maximum absolute atomic E-state index is 11.3. The summed E-state index contributed by atoms with van der Waals surface area (Å²) in [5.74, 6) is -0.461. The molecule has 5 nitrogen and oxygen atoms in total. The molecule has 0 amide bonds. The first-order valence-corrected chi connectivity index (χ1v) is 7.82. The highest BCUT2D eigenvalue weighted by molar-refractivity contribution is 9.10. The van der Waals surface area contributed by atoms with Crippen LogP contribution >= 0.6 is 15.9 Å². The van der Waals surface area contributed by atoms with Crippen molar-refractivity contribution in [2.75, 3.05) is 18.4 Å². The predicted octanol–water partition coefficient (Wildman–Crippen LogP) is 2.58. The number of anilines is 1. The molecule has 2 fully saturated rings. The van der Waals surface area contributed by atoms with E-state index in [0.29, 0.717) is 22.4 Å². The average Bonchev–Trinajstić information content (AvgIpc) is 2.88. The summed E-state index contributed by atoms with van der Waals surface area (Å²) in [7, 11) is 0. The van der Waals surface area contributed by atoms with E-state index in [2.05, 4.69) is 31.1 Å². The molecule has 2 saturated heterocycles. The third-order valence-corrected chi connectivity index (χ3v) is 4.68. The van der Waals surface area contributed by atoms with Gasteiger partial charge in [-0.1, -0.05) is 0 Å². The topological polar surface area (TPSA) is 65.5 Å². The molecule has 0 bridgehead atoms. The van der Waals surface area contributed by atoms with Crippen molar-refractivity contribution in [3.63, 3.8) is 0 Å². The molecule has 20 heavy (non-hydrogen) atoms. The van der Waals surface area contributed by atoms with Crippen molar-refractivity contribution >= 4 is 27.7 Å². The fourth-order valence-electron chi connectivity index (χ4n) is 3.27. The molecule has 2 N–H and O–H groups in total. The van der Waals surface area contributed by atoms with Crippen LogP contribution in [0.25, 0.3) is 0 Å². The highest BCUT2D eigenvalue weighted by Crippen LogP contribution is 2.29. The Labute approximate surface area is 126 Å². The van der Waals surface area contributed by atoms with Crippen LogP contribution in [0.1, 0.15) is 36.0 Å². The van der Waals surface area contributed by atoms with E-state index in [1.54, 1.807) is 12.3 Å². The van der Waals surface area contributed by atoms with Crippen molar-refractivity contribution < 1.29 is 9.90 Å². The lowest BCUT2D eigenvalue weighted by atomic mass is 9.97. The molecule has 6 heteroatoms. The van der Waals surface area contributed by atoms with Gasteiger partial charge in [0.15, 0.2) is 0 Å². The summed E-state index contributed by atoms with van der Waals surface area (Å²) >= 11 is 3.27. The number of fused-ring (bicyclic) bond motifs is 1. The zero-order valence-electron chi connectivity index (χ0n) is 11.2. The van der Waals surface area contributed by atoms with E-state index in [9.17, 15) is 9.90 Å². The highest BCUT2D eigenvalue weighted by Gasteiger charge is 2.32. The normalized spacial score (nSPS) is 26.2. The summed E-state index contributed by atoms with van der Waals surface area (Å²) in [4.78, 5) is 18.1. The Morgan fingerprint density at radius 3 is 3.10 bits per heavy atom. The van der Waals surface area contributed by atoms with Crippen molar-refractivity contribution in [1.82, 2.24) is 9.88 Å². The second-order valence-electron chi connectivity index (χ2n) is 5.55. The quantitative estimate of drug-likeness (QED) is 0.885. The summed E-state index contributed by atoms with van der Waals surface area (Å²) in [6, 6.07) is 2.58. The summed E-state index contributed by atoms with van der Waals surface area (Å²) in [5, 5.41) is 12.6. The highest BCUT2D eigenvalue weighted by atomic mass is 79.9. The van der Waals surface area contributed by atoms with Crippen LogP contribution in [0.5, 0.6) is 0 Å². The molecule has 2 aliphatic heterocycles. The van der Waals surface area contributed by atoms with Crippen molar-refractivity contribution in [1.29, 1.82) is 0 Å². The van der Waals surface area contributed by atoms with E-state index < -0.39 is 5.97 Å². The Bertz CT molecular complexity index is 523. The van der Waals surface area contributed by atoms with Crippen molar-refractivity contribution in [2.24, 2.45) is 0 Å². The minimum absolute atomic E-state index is 0.230. The summed E-state index contributed by atoms with van der Waals surface area (Å²) in [6.45, 7) is 2.32. The van der Waals surface area contributed by atoms with E-state index in [0.717, 1.165) is 19.4 Å². The lowest BCUT2D eigenvalue weighted by Gasteiger charge is -2.35. The zero-order chi connectivity index (χ0) is 14.1. The molecule has 108 valence electrons. The Hall–Kier alpha value is -1.14. The number of carboxylic acid groups (broad SMARTS) is 1. The number of hydrogen-bond donors (Lipinski definition) is 2. The van der Waals surface area contributed by atoms with Crippen LogP contribution in [0, 0.1) is 0 Å². The molecule has 2 atom stereocenters. The lowest BCUT2D eigenvalue weighted by Crippen LogP contribution is -2.43. The summed E-state index contributed by atoms with van der Waals surface area (Å²) < 4.78 is 0.686. The second kappa shape index (κ2) is 5.69. The molecule has 0 saturated carbocycles. The van der Waals surface area contributed by atoms with Gasteiger partial charge in [0.05, 0.1) is 0 Å². The van der Waals surface area contributed by atoms with Gasteiger partial charge in [-0.2, -0.15) is 0 Å². The monoisotopic (exact) mass is 339 g/mol. The molecule has 2 aliphatic rings. The molecule has 1 aromatic rings. The minimum Gasteiger partial charge on any atom is -0.478 e. The van der Waals surface area contributed by atoms with Crippen LogP contribution in [-0.4, -0.2) is 46.1 Å². The Balaban J connectivity index is 1.73. The van der Waals surface area contributed by atoms with Crippen molar-refractivity contribution in [3.05, 3.63) is 22.3 Å². The number of rotatable bonds is 3. The van der Waals surface area contributed by atoms with E-state index >= 15 is 0 Å². The molecule has 0 radical (unpaired) electrons. The van der Waals surface area contributed by atoms with Crippen molar-refractivity contribution in [3.8, 4) is 0 Å². The van der Waals surface area contributed by atoms with Crippen LogP contribution < -0.4 is 5.32 Å². The number of carbonyl (C=O) groups is 1. The van der Waals surface area contributed by atoms with Gasteiger partial charge in [0.1, 0.15) is 11.4 Å². The van der Waals surface area contributed by atoms with Gasteiger partial charge in [0, 0.05) is 29.3 Å². The number of nitrogens with one attached hydrogen (secondary N) is 1. The fourth-order valence-corrected chi connectivity index (χ4v) is 3.60. The van der Waals surface area contributed by atoms with Gasteiger partial charge in [0.25, 0.3) is 0 Å². The number of aromatic carboxylic acids is 1. The van der Waals surface area contributed by atoms with Gasteiger partial charge < -0.3 is 15.3 Å². The maximum atomic E-state index is 11.3. The van der Waals surface area contributed by atoms with Gasteiger partial charge >= 0.3 is 5.97 Å². The smallest absolute Gasteiger partial charge is 0.339 e. The Kier molecular flexibility index (Phi) is 3.94. The van der Waals surface area contributed by atoms with E-state index in [4.69, 9.17) is 0 Å². The molecular formula is C14H18BrN3O2. The first kappa shape index (κ1) is 13.8. The summed E-state index contributed by atoms with van der Waals surface area (Å²) in [5.41, 5.74) is 0.230. The van der Waals surface area contributed by atoms with E-state index in [1.807, 2.05) is 0 Å². The third-order valence-electron chi connectivity index (χ3n) is 4.25.